The van der Waals surface area contributed by atoms with Gasteiger partial charge in [-0.3, -0.25) is 4.79 Å². The Balaban J connectivity index is 2.07. The maximum atomic E-state index is 13.1. The first-order chi connectivity index (χ1) is 9.74. The molecule has 20 heavy (non-hydrogen) atoms. The van der Waals surface area contributed by atoms with E-state index in [-0.39, 0.29) is 5.78 Å². The molecule has 0 unspecified atom stereocenters. The number of hydrogen-bond acceptors (Lipinski definition) is 3. The largest absolute Gasteiger partial charge is 0.381 e. The molecule has 104 valence electrons. The fourth-order valence-corrected chi connectivity index (χ4v) is 4.39. The molecule has 2 heterocycles. The molecule has 4 heteroatoms. The van der Waals surface area contributed by atoms with E-state index in [1.165, 1.54) is 11.3 Å². The highest BCUT2D eigenvalue weighted by atomic mass is 79.9. The van der Waals surface area contributed by atoms with Crippen molar-refractivity contribution < 1.29 is 9.53 Å². The highest BCUT2D eigenvalue weighted by molar-refractivity contribution is 9.10. The molecule has 1 aliphatic rings. The van der Waals surface area contributed by atoms with Crippen LogP contribution in [0.1, 0.15) is 28.1 Å². The third kappa shape index (κ3) is 2.36. The molecular weight excluding hydrogens is 336 g/mol. The summed E-state index contributed by atoms with van der Waals surface area (Å²) in [4.78, 5) is 13.9. The summed E-state index contributed by atoms with van der Waals surface area (Å²) in [6.07, 6.45) is 1.50. The number of thiophene rings is 1. The van der Waals surface area contributed by atoms with Gasteiger partial charge in [0.25, 0.3) is 0 Å². The molecule has 3 rings (SSSR count). The van der Waals surface area contributed by atoms with Crippen molar-refractivity contribution in [2.75, 3.05) is 13.2 Å². The van der Waals surface area contributed by atoms with Crippen molar-refractivity contribution in [3.63, 3.8) is 0 Å². The fraction of sp³-hybridized carbons (Fsp3) is 0.312. The molecule has 0 bridgehead atoms. The van der Waals surface area contributed by atoms with Crippen LogP contribution in [0.25, 0.3) is 0 Å². The summed E-state index contributed by atoms with van der Waals surface area (Å²) in [5.74, 6) is 0.217. The molecule has 0 spiro atoms. The van der Waals surface area contributed by atoms with Gasteiger partial charge in [-0.1, -0.05) is 30.3 Å². The minimum Gasteiger partial charge on any atom is -0.381 e. The molecule has 0 atom stereocenters. The Morgan fingerprint density at radius 2 is 1.85 bits per heavy atom. The van der Waals surface area contributed by atoms with Crippen molar-refractivity contribution in [1.82, 2.24) is 0 Å². The van der Waals surface area contributed by atoms with Crippen molar-refractivity contribution in [3.8, 4) is 0 Å². The summed E-state index contributed by atoms with van der Waals surface area (Å²) in [7, 11) is 0. The Kier molecular flexibility index (Phi) is 4.06. The molecule has 2 nitrogen and oxygen atoms in total. The molecule has 1 fully saturated rings. The van der Waals surface area contributed by atoms with Gasteiger partial charge in [0.05, 0.1) is 10.3 Å². The van der Waals surface area contributed by atoms with Crippen molar-refractivity contribution in [3.05, 3.63) is 56.7 Å². The number of rotatable bonds is 3. The Morgan fingerprint density at radius 3 is 2.45 bits per heavy atom. The zero-order chi connectivity index (χ0) is 14.0. The average Bonchev–Trinajstić information content (AvgIpc) is 2.94. The second-order valence-electron chi connectivity index (χ2n) is 4.99. The van der Waals surface area contributed by atoms with Gasteiger partial charge in [-0.05, 0) is 45.8 Å². The number of ether oxygens (including phenoxy) is 1. The van der Waals surface area contributed by atoms with Crippen LogP contribution in [-0.4, -0.2) is 19.0 Å². The molecule has 1 aliphatic heterocycles. The van der Waals surface area contributed by atoms with Gasteiger partial charge in [0, 0.05) is 17.7 Å². The number of benzene rings is 1. The average molecular weight is 351 g/mol. The maximum absolute atomic E-state index is 13.1. The summed E-state index contributed by atoms with van der Waals surface area (Å²) in [5.41, 5.74) is 0.668. The van der Waals surface area contributed by atoms with Crippen molar-refractivity contribution in [2.45, 2.75) is 18.3 Å². The minimum absolute atomic E-state index is 0.217. The Hall–Kier alpha value is -0.970. The number of carbonyl (C=O) groups excluding carboxylic acids is 1. The van der Waals surface area contributed by atoms with E-state index in [4.69, 9.17) is 4.74 Å². The lowest BCUT2D eigenvalue weighted by Gasteiger charge is -2.36. The van der Waals surface area contributed by atoms with Gasteiger partial charge in [-0.2, -0.15) is 0 Å². The smallest absolute Gasteiger partial charge is 0.184 e. The minimum atomic E-state index is -0.438. The molecule has 0 amide bonds. The zero-order valence-corrected chi connectivity index (χ0v) is 13.4. The third-order valence-corrected chi connectivity index (χ3v) is 5.77. The van der Waals surface area contributed by atoms with Crippen LogP contribution < -0.4 is 0 Å². The van der Waals surface area contributed by atoms with Gasteiger partial charge >= 0.3 is 0 Å². The predicted molar refractivity (Wildman–Crippen MR) is 84.5 cm³/mol. The van der Waals surface area contributed by atoms with Crippen molar-refractivity contribution >= 4 is 33.0 Å². The van der Waals surface area contributed by atoms with E-state index in [1.54, 1.807) is 0 Å². The summed E-state index contributed by atoms with van der Waals surface area (Å²) >= 11 is 5.00. The standard InChI is InChI=1S/C16H15BrO2S/c17-13-6-11-20-14(13)15(18)16(7-9-19-10-8-16)12-4-2-1-3-5-12/h1-6,11H,7-10H2. The molecule has 0 saturated carbocycles. The van der Waals surface area contributed by atoms with Crippen molar-refractivity contribution in [2.24, 2.45) is 0 Å². The lowest BCUT2D eigenvalue weighted by Crippen LogP contribution is -2.41. The normalized spacial score (nSPS) is 17.9. The summed E-state index contributed by atoms with van der Waals surface area (Å²) in [5, 5.41) is 1.95. The highest BCUT2D eigenvalue weighted by Crippen LogP contribution is 2.40. The van der Waals surface area contributed by atoms with Crippen LogP contribution in [0, 0.1) is 0 Å². The van der Waals surface area contributed by atoms with Crippen LogP contribution in [0.3, 0.4) is 0 Å². The van der Waals surface area contributed by atoms with Gasteiger partial charge in [-0.15, -0.1) is 11.3 Å². The number of Topliss-reactive ketones (excluding diaryl/α,β-unsaturated/α-hetero) is 1. The Labute approximate surface area is 130 Å². The number of carbonyl (C=O) groups is 1. The van der Waals surface area contributed by atoms with Crippen LogP contribution in [0.5, 0.6) is 0 Å². The quantitative estimate of drug-likeness (QED) is 0.764. The van der Waals surface area contributed by atoms with Crippen LogP contribution in [-0.2, 0) is 10.2 Å². The lowest BCUT2D eigenvalue weighted by molar-refractivity contribution is 0.0426. The topological polar surface area (TPSA) is 26.3 Å². The maximum Gasteiger partial charge on any atom is 0.184 e. The van der Waals surface area contributed by atoms with Crippen molar-refractivity contribution in [1.29, 1.82) is 0 Å². The van der Waals surface area contributed by atoms with E-state index < -0.39 is 5.41 Å². The van der Waals surface area contributed by atoms with E-state index in [9.17, 15) is 4.79 Å². The summed E-state index contributed by atoms with van der Waals surface area (Å²) in [6, 6.07) is 12.1. The number of hydrogen-bond donors (Lipinski definition) is 0. The Morgan fingerprint density at radius 1 is 1.15 bits per heavy atom. The molecule has 1 saturated heterocycles. The van der Waals surface area contributed by atoms with Crippen LogP contribution in [0.2, 0.25) is 0 Å². The zero-order valence-electron chi connectivity index (χ0n) is 11.0. The molecule has 0 N–H and O–H groups in total. The first-order valence-electron chi connectivity index (χ1n) is 6.65. The molecule has 2 aromatic rings. The molecule has 1 aromatic heterocycles. The molecule has 0 aliphatic carbocycles. The molecule has 0 radical (unpaired) electrons. The van der Waals surface area contributed by atoms with Crippen LogP contribution in [0.15, 0.2) is 46.3 Å². The first-order valence-corrected chi connectivity index (χ1v) is 8.32. The first kappa shape index (κ1) is 14.0. The van der Waals surface area contributed by atoms with Gasteiger partial charge in [0.1, 0.15) is 0 Å². The van der Waals surface area contributed by atoms with Crippen LogP contribution >= 0.6 is 27.3 Å². The highest BCUT2D eigenvalue weighted by Gasteiger charge is 2.42. The summed E-state index contributed by atoms with van der Waals surface area (Å²) < 4.78 is 6.38. The predicted octanol–water partition coefficient (Wildman–Crippen LogP) is 4.44. The summed E-state index contributed by atoms with van der Waals surface area (Å²) in [6.45, 7) is 1.28. The Bertz CT molecular complexity index is 600. The van der Waals surface area contributed by atoms with Gasteiger partial charge in [0.15, 0.2) is 5.78 Å². The second kappa shape index (κ2) is 5.80. The van der Waals surface area contributed by atoms with Crippen LogP contribution in [0.4, 0.5) is 0 Å². The number of ketones is 1. The van der Waals surface area contributed by atoms with Gasteiger partial charge < -0.3 is 4.74 Å². The fourth-order valence-electron chi connectivity index (χ4n) is 2.80. The van der Waals surface area contributed by atoms with E-state index in [0.29, 0.717) is 13.2 Å². The van der Waals surface area contributed by atoms with Gasteiger partial charge in [-0.25, -0.2) is 0 Å². The SMILES string of the molecule is O=C(c1sccc1Br)C1(c2ccccc2)CCOCC1. The lowest BCUT2D eigenvalue weighted by atomic mass is 9.70. The van der Waals surface area contributed by atoms with E-state index in [1.807, 2.05) is 29.6 Å². The number of halogens is 1. The van der Waals surface area contributed by atoms with E-state index in [0.717, 1.165) is 27.8 Å². The van der Waals surface area contributed by atoms with E-state index in [2.05, 4.69) is 28.1 Å². The monoisotopic (exact) mass is 350 g/mol. The molecule has 1 aromatic carbocycles. The third-order valence-electron chi connectivity index (χ3n) is 3.93. The van der Waals surface area contributed by atoms with Gasteiger partial charge in [0.2, 0.25) is 0 Å². The second-order valence-corrected chi connectivity index (χ2v) is 6.76. The van der Waals surface area contributed by atoms with E-state index >= 15 is 0 Å². The molecular formula is C16H15BrO2S.